The van der Waals surface area contributed by atoms with Crippen molar-refractivity contribution in [2.24, 2.45) is 0 Å². The molecule has 0 saturated carbocycles. The van der Waals surface area contributed by atoms with Crippen molar-refractivity contribution < 1.29 is 9.53 Å². The summed E-state index contributed by atoms with van der Waals surface area (Å²) in [7, 11) is 1.57. The lowest BCUT2D eigenvalue weighted by atomic mass is 9.95. The second-order valence-corrected chi connectivity index (χ2v) is 7.03. The van der Waals surface area contributed by atoms with Gasteiger partial charge in [-0.2, -0.15) is 0 Å². The van der Waals surface area contributed by atoms with Gasteiger partial charge in [-0.05, 0) is 56.4 Å². The summed E-state index contributed by atoms with van der Waals surface area (Å²) in [6, 6.07) is 8.26. The molecule has 2 heterocycles. The molecule has 1 N–H and O–H groups in total. The normalized spacial score (nSPS) is 14.4. The molecule has 1 atom stereocenters. The minimum atomic E-state index is -0.716. The van der Waals surface area contributed by atoms with Crippen LogP contribution in [-0.2, 0) is 17.6 Å². The lowest BCUT2D eigenvalue weighted by Crippen LogP contribution is -2.32. The van der Waals surface area contributed by atoms with Crippen molar-refractivity contribution in [3.63, 3.8) is 0 Å². The highest BCUT2D eigenvalue weighted by Crippen LogP contribution is 2.22. The lowest BCUT2D eigenvalue weighted by molar-refractivity contribution is -0.118. The Morgan fingerprint density at radius 2 is 2.07 bits per heavy atom. The zero-order valence-electron chi connectivity index (χ0n) is 15.9. The fourth-order valence-electron chi connectivity index (χ4n) is 3.54. The van der Waals surface area contributed by atoms with Gasteiger partial charge in [-0.15, -0.1) is 0 Å². The fraction of sp³-hybridized carbons (Fsp3) is 0.333. The number of aromatic nitrogens is 3. The molecule has 2 aromatic heterocycles. The average molecular weight is 378 g/mol. The first-order chi connectivity index (χ1) is 13.6. The van der Waals surface area contributed by atoms with Crippen LogP contribution in [-0.4, -0.2) is 27.6 Å². The molecule has 0 saturated heterocycles. The van der Waals surface area contributed by atoms with E-state index in [1.165, 1.54) is 10.9 Å². The van der Waals surface area contributed by atoms with Gasteiger partial charge in [-0.25, -0.2) is 9.97 Å². The molecule has 7 nitrogen and oxygen atoms in total. The number of pyridine rings is 1. The molecule has 144 valence electrons. The molecule has 0 radical (unpaired) electrons. The average Bonchev–Trinajstić information content (AvgIpc) is 2.72. The van der Waals surface area contributed by atoms with Gasteiger partial charge in [0.25, 0.3) is 5.56 Å². The number of fused-ring (bicyclic) bond motifs is 2. The van der Waals surface area contributed by atoms with Gasteiger partial charge >= 0.3 is 0 Å². The van der Waals surface area contributed by atoms with E-state index in [0.717, 1.165) is 36.9 Å². The molecule has 4 rings (SSSR count). The number of anilines is 1. The Balaban J connectivity index is 1.64. The SMILES string of the molecule is COc1cccc(NC(=O)C(C)n2cnc3nc4c(cc3c2=O)CCCC4)c1. The van der Waals surface area contributed by atoms with Gasteiger partial charge in [0.05, 0.1) is 12.5 Å². The van der Waals surface area contributed by atoms with E-state index in [-0.39, 0.29) is 11.5 Å². The third-order valence-corrected chi connectivity index (χ3v) is 5.18. The fourth-order valence-corrected chi connectivity index (χ4v) is 3.54. The molecular weight excluding hydrogens is 356 g/mol. The molecule has 1 unspecified atom stereocenters. The highest BCUT2D eigenvalue weighted by Gasteiger charge is 2.20. The van der Waals surface area contributed by atoms with Crippen LogP contribution < -0.4 is 15.6 Å². The Bertz CT molecular complexity index is 1110. The standard InChI is InChI=1S/C21H22N4O3/c1-13(20(26)23-15-7-5-8-16(11-15)28-2)25-12-22-19-17(21(25)27)10-14-6-3-4-9-18(14)24-19/h5,7-8,10-13H,3-4,6,9H2,1-2H3,(H,23,26). The lowest BCUT2D eigenvalue weighted by Gasteiger charge is -2.17. The maximum atomic E-state index is 13.0. The number of nitrogens with zero attached hydrogens (tertiary/aromatic N) is 3. The quantitative estimate of drug-likeness (QED) is 0.754. The molecule has 0 aliphatic heterocycles. The van der Waals surface area contributed by atoms with Crippen LogP contribution >= 0.6 is 0 Å². The predicted molar refractivity (Wildman–Crippen MR) is 107 cm³/mol. The van der Waals surface area contributed by atoms with Gasteiger partial charge in [0.2, 0.25) is 5.91 Å². The Morgan fingerprint density at radius 3 is 2.89 bits per heavy atom. The summed E-state index contributed by atoms with van der Waals surface area (Å²) >= 11 is 0. The molecule has 0 bridgehead atoms. The van der Waals surface area contributed by atoms with Crippen LogP contribution in [0, 0.1) is 0 Å². The summed E-state index contributed by atoms with van der Waals surface area (Å²) in [6.45, 7) is 1.68. The van der Waals surface area contributed by atoms with Crippen LogP contribution in [0.25, 0.3) is 11.0 Å². The monoisotopic (exact) mass is 378 g/mol. The number of aryl methyl sites for hydroxylation is 2. The van der Waals surface area contributed by atoms with Crippen LogP contribution in [0.3, 0.4) is 0 Å². The molecule has 28 heavy (non-hydrogen) atoms. The van der Waals surface area contributed by atoms with Crippen molar-refractivity contribution in [3.05, 3.63) is 58.3 Å². The molecule has 1 aromatic carbocycles. The van der Waals surface area contributed by atoms with E-state index >= 15 is 0 Å². The third-order valence-electron chi connectivity index (χ3n) is 5.18. The molecule has 0 fully saturated rings. The predicted octanol–water partition coefficient (Wildman–Crippen LogP) is 2.88. The van der Waals surface area contributed by atoms with Gasteiger partial charge in [-0.3, -0.25) is 14.2 Å². The summed E-state index contributed by atoms with van der Waals surface area (Å²) in [5.74, 6) is 0.341. The van der Waals surface area contributed by atoms with E-state index in [1.807, 2.05) is 6.07 Å². The number of amides is 1. The summed E-state index contributed by atoms with van der Waals surface area (Å²) in [5.41, 5.74) is 2.95. The summed E-state index contributed by atoms with van der Waals surface area (Å²) < 4.78 is 6.53. The Morgan fingerprint density at radius 1 is 1.25 bits per heavy atom. The maximum absolute atomic E-state index is 13.0. The van der Waals surface area contributed by atoms with E-state index in [4.69, 9.17) is 4.74 Å². The largest absolute Gasteiger partial charge is 0.497 e. The van der Waals surface area contributed by atoms with Crippen LogP contribution in [0.1, 0.15) is 37.1 Å². The van der Waals surface area contributed by atoms with E-state index in [1.54, 1.807) is 38.3 Å². The number of carbonyl (C=O) groups excluding carboxylic acids is 1. The van der Waals surface area contributed by atoms with Crippen LogP contribution in [0.5, 0.6) is 5.75 Å². The number of hydrogen-bond donors (Lipinski definition) is 1. The molecular formula is C21H22N4O3. The topological polar surface area (TPSA) is 86.1 Å². The first-order valence-electron chi connectivity index (χ1n) is 9.41. The molecule has 1 aliphatic rings. The number of rotatable bonds is 4. The number of hydrogen-bond acceptors (Lipinski definition) is 5. The second kappa shape index (κ2) is 7.42. The van der Waals surface area contributed by atoms with Gasteiger partial charge in [-0.1, -0.05) is 6.07 Å². The highest BCUT2D eigenvalue weighted by molar-refractivity contribution is 5.93. The van der Waals surface area contributed by atoms with Crippen LogP contribution in [0.4, 0.5) is 5.69 Å². The van der Waals surface area contributed by atoms with Crippen molar-refractivity contribution in [2.45, 2.75) is 38.6 Å². The molecule has 3 aromatic rings. The van der Waals surface area contributed by atoms with Crippen molar-refractivity contribution in [2.75, 3.05) is 12.4 Å². The number of methoxy groups -OCH3 is 1. The summed E-state index contributed by atoms with van der Waals surface area (Å²) in [4.78, 5) is 34.6. The van der Waals surface area contributed by atoms with E-state index < -0.39 is 6.04 Å². The van der Waals surface area contributed by atoms with Crippen LogP contribution in [0.2, 0.25) is 0 Å². The van der Waals surface area contributed by atoms with Gasteiger partial charge in [0, 0.05) is 17.4 Å². The smallest absolute Gasteiger partial charge is 0.263 e. The minimum absolute atomic E-state index is 0.251. The maximum Gasteiger partial charge on any atom is 0.263 e. The first-order valence-corrected chi connectivity index (χ1v) is 9.41. The number of nitrogens with one attached hydrogen (secondary N) is 1. The van der Waals surface area contributed by atoms with Crippen molar-refractivity contribution >= 4 is 22.6 Å². The third kappa shape index (κ3) is 3.35. The van der Waals surface area contributed by atoms with E-state index in [9.17, 15) is 9.59 Å². The second-order valence-electron chi connectivity index (χ2n) is 7.03. The zero-order chi connectivity index (χ0) is 19.7. The molecule has 1 amide bonds. The summed E-state index contributed by atoms with van der Waals surface area (Å²) in [5, 5.41) is 3.28. The van der Waals surface area contributed by atoms with Gasteiger partial charge < -0.3 is 10.1 Å². The number of ether oxygens (including phenoxy) is 1. The molecule has 0 spiro atoms. The Labute approximate surface area is 162 Å². The minimum Gasteiger partial charge on any atom is -0.497 e. The van der Waals surface area contributed by atoms with Crippen molar-refractivity contribution in [1.82, 2.24) is 14.5 Å². The van der Waals surface area contributed by atoms with E-state index in [2.05, 4.69) is 15.3 Å². The van der Waals surface area contributed by atoms with Crippen molar-refractivity contribution in [1.29, 1.82) is 0 Å². The zero-order valence-corrected chi connectivity index (χ0v) is 15.9. The summed E-state index contributed by atoms with van der Waals surface area (Å²) in [6.07, 6.45) is 5.48. The Hall–Kier alpha value is -3.22. The first kappa shape index (κ1) is 18.2. The number of benzene rings is 1. The highest BCUT2D eigenvalue weighted by atomic mass is 16.5. The molecule has 1 aliphatic carbocycles. The van der Waals surface area contributed by atoms with Crippen molar-refractivity contribution in [3.8, 4) is 5.75 Å². The van der Waals surface area contributed by atoms with E-state index in [0.29, 0.717) is 22.5 Å². The molecule has 7 heteroatoms. The van der Waals surface area contributed by atoms with Gasteiger partial charge in [0.15, 0.2) is 5.65 Å². The Kier molecular flexibility index (Phi) is 4.81. The van der Waals surface area contributed by atoms with Gasteiger partial charge in [0.1, 0.15) is 18.1 Å². The number of carbonyl (C=O) groups is 1. The van der Waals surface area contributed by atoms with Crippen LogP contribution in [0.15, 0.2) is 41.5 Å².